The summed E-state index contributed by atoms with van der Waals surface area (Å²) < 4.78 is 25.2. The number of carbonyl (C=O) groups excluding carboxylic acids is 2. The molecule has 1 fully saturated rings. The molecule has 0 heterocycles. The molecule has 1 aliphatic rings. The van der Waals surface area contributed by atoms with Gasteiger partial charge in [0.05, 0.1) is 0 Å². The van der Waals surface area contributed by atoms with Crippen LogP contribution >= 0.6 is 0 Å². The minimum atomic E-state index is -2.17. The largest absolute Gasteiger partial charge is 0.462 e. The van der Waals surface area contributed by atoms with E-state index in [0.29, 0.717) is 6.47 Å². The van der Waals surface area contributed by atoms with Gasteiger partial charge in [-0.05, 0) is 54.5 Å². The molecule has 0 spiro atoms. The number of alkyl halides is 2. The molecule has 0 aliphatic heterocycles. The number of hydrogen-bond acceptors (Lipinski definition) is 4. The van der Waals surface area contributed by atoms with Crippen LogP contribution in [0.3, 0.4) is 0 Å². The van der Waals surface area contributed by atoms with Crippen LogP contribution in [-0.4, -0.2) is 37.9 Å². The van der Waals surface area contributed by atoms with Crippen molar-refractivity contribution in [3.63, 3.8) is 0 Å². The van der Waals surface area contributed by atoms with E-state index in [4.69, 9.17) is 4.79 Å². The number of rotatable bonds is 2. The lowest BCUT2D eigenvalue weighted by Crippen LogP contribution is -2.17. The van der Waals surface area contributed by atoms with Crippen molar-refractivity contribution >= 4 is 12.8 Å². The molecule has 1 saturated carbocycles. The maximum absolute atomic E-state index is 10.3. The zero-order valence-corrected chi connectivity index (χ0v) is 12.7. The molecule has 1 rings (SSSR count). The van der Waals surface area contributed by atoms with Crippen molar-refractivity contribution in [1.82, 2.24) is 5.32 Å². The lowest BCUT2D eigenvalue weighted by Gasteiger charge is -2.14. The fourth-order valence-electron chi connectivity index (χ4n) is 0.516. The standard InChI is InChI=1S/C5H10O2.C4H9N.C2H4F2.C2H4O/c1-5(2,3)7-4-6;1-5-4-2-3-4;1-2(3)4;1-2-3/h4H,1-3H3;4-5H,2-3H2,1H3;2H,1H3;2H,1H3. The lowest BCUT2D eigenvalue weighted by molar-refractivity contribution is -0.138. The molecular formula is C13H27F2NO3. The Hall–Kier alpha value is -1.04. The molecule has 0 amide bonds. The summed E-state index contributed by atoms with van der Waals surface area (Å²) in [6.45, 7) is 8.20. The van der Waals surface area contributed by atoms with Gasteiger partial charge in [-0.1, -0.05) is 0 Å². The van der Waals surface area contributed by atoms with Crippen LogP contribution in [0.4, 0.5) is 8.78 Å². The van der Waals surface area contributed by atoms with Crippen molar-refractivity contribution in [2.45, 2.75) is 65.5 Å². The van der Waals surface area contributed by atoms with E-state index in [9.17, 15) is 13.6 Å². The van der Waals surface area contributed by atoms with Crippen molar-refractivity contribution in [3.05, 3.63) is 0 Å². The maximum atomic E-state index is 10.3. The van der Waals surface area contributed by atoms with Crippen molar-refractivity contribution in [3.8, 4) is 0 Å². The number of carbonyl (C=O) groups is 2. The van der Waals surface area contributed by atoms with E-state index in [0.717, 1.165) is 19.3 Å². The van der Waals surface area contributed by atoms with Crippen LogP contribution in [0.25, 0.3) is 0 Å². The fourth-order valence-corrected chi connectivity index (χ4v) is 0.516. The molecule has 0 radical (unpaired) electrons. The first-order valence-electron chi connectivity index (χ1n) is 6.11. The number of aldehydes is 1. The van der Waals surface area contributed by atoms with Crippen LogP contribution in [0.1, 0.15) is 47.5 Å². The van der Waals surface area contributed by atoms with Gasteiger partial charge in [0.2, 0.25) is 6.43 Å². The average molecular weight is 283 g/mol. The monoisotopic (exact) mass is 283 g/mol. The summed E-state index contributed by atoms with van der Waals surface area (Å²) in [7, 11) is 2.01. The van der Waals surface area contributed by atoms with Crippen LogP contribution in [0.2, 0.25) is 0 Å². The van der Waals surface area contributed by atoms with Gasteiger partial charge in [-0.2, -0.15) is 0 Å². The van der Waals surface area contributed by atoms with Gasteiger partial charge in [-0.25, -0.2) is 8.78 Å². The molecule has 0 saturated heterocycles. The summed E-state index contributed by atoms with van der Waals surface area (Å²) in [5.74, 6) is 0. The summed E-state index contributed by atoms with van der Waals surface area (Å²) >= 11 is 0. The Morgan fingerprint density at radius 3 is 1.58 bits per heavy atom. The van der Waals surface area contributed by atoms with Gasteiger partial charge in [-0.15, -0.1) is 0 Å². The minimum Gasteiger partial charge on any atom is -0.462 e. The highest BCUT2D eigenvalue weighted by Gasteiger charge is 2.17. The normalized spacial score (nSPS) is 12.7. The first-order chi connectivity index (χ1) is 8.64. The van der Waals surface area contributed by atoms with Gasteiger partial charge < -0.3 is 14.8 Å². The summed E-state index contributed by atoms with van der Waals surface area (Å²) in [4.78, 5) is 18.4. The lowest BCUT2D eigenvalue weighted by atomic mass is 10.2. The van der Waals surface area contributed by atoms with Crippen LogP contribution in [0.15, 0.2) is 0 Å². The van der Waals surface area contributed by atoms with E-state index in [1.54, 1.807) is 0 Å². The highest BCUT2D eigenvalue weighted by molar-refractivity contribution is 5.44. The van der Waals surface area contributed by atoms with Gasteiger partial charge in [0, 0.05) is 6.04 Å². The van der Waals surface area contributed by atoms with E-state index in [-0.39, 0.29) is 5.60 Å². The summed E-state index contributed by atoms with van der Waals surface area (Å²) in [5.41, 5.74) is -0.318. The highest BCUT2D eigenvalue weighted by Crippen LogP contribution is 2.17. The van der Waals surface area contributed by atoms with Crippen LogP contribution in [0, 0.1) is 0 Å². The Kier molecular flexibility index (Phi) is 18.2. The van der Waals surface area contributed by atoms with Gasteiger partial charge in [0.25, 0.3) is 6.47 Å². The molecule has 0 aromatic rings. The van der Waals surface area contributed by atoms with Crippen LogP contribution < -0.4 is 5.32 Å². The quantitative estimate of drug-likeness (QED) is 0.792. The topological polar surface area (TPSA) is 55.4 Å². The molecule has 0 atom stereocenters. The van der Waals surface area contributed by atoms with Gasteiger partial charge >= 0.3 is 0 Å². The molecule has 1 N–H and O–H groups in total. The predicted octanol–water partition coefficient (Wildman–Crippen LogP) is 2.80. The van der Waals surface area contributed by atoms with Gasteiger partial charge in [0.1, 0.15) is 11.9 Å². The molecule has 4 nitrogen and oxygen atoms in total. The van der Waals surface area contributed by atoms with Gasteiger partial charge in [0.15, 0.2) is 0 Å². The Morgan fingerprint density at radius 2 is 1.58 bits per heavy atom. The molecule has 1 aliphatic carbocycles. The summed E-state index contributed by atoms with van der Waals surface area (Å²) in [6, 6.07) is 0.884. The Morgan fingerprint density at radius 1 is 1.26 bits per heavy atom. The second-order valence-corrected chi connectivity index (χ2v) is 4.64. The number of halogens is 2. The molecule has 6 heteroatoms. The molecule has 0 unspecified atom stereocenters. The first-order valence-corrected chi connectivity index (χ1v) is 6.11. The van der Waals surface area contributed by atoms with Crippen molar-refractivity contribution in [2.75, 3.05) is 7.05 Å². The van der Waals surface area contributed by atoms with E-state index in [2.05, 4.69) is 10.1 Å². The maximum Gasteiger partial charge on any atom is 0.293 e. The second-order valence-electron chi connectivity index (χ2n) is 4.64. The molecular weight excluding hydrogens is 256 g/mol. The van der Waals surface area contributed by atoms with Crippen LogP contribution in [0.5, 0.6) is 0 Å². The van der Waals surface area contributed by atoms with E-state index < -0.39 is 6.43 Å². The summed E-state index contributed by atoms with van der Waals surface area (Å²) in [5, 5.41) is 3.14. The van der Waals surface area contributed by atoms with E-state index >= 15 is 0 Å². The molecule has 19 heavy (non-hydrogen) atoms. The number of ether oxygens (including phenoxy) is 1. The molecule has 0 bridgehead atoms. The van der Waals surface area contributed by atoms with Crippen molar-refractivity contribution < 1.29 is 23.1 Å². The van der Waals surface area contributed by atoms with Crippen molar-refractivity contribution in [2.24, 2.45) is 0 Å². The second kappa shape index (κ2) is 15.0. The van der Waals surface area contributed by atoms with Gasteiger partial charge in [-0.3, -0.25) is 4.79 Å². The Balaban J connectivity index is -0.000000189. The minimum absolute atomic E-state index is 0.318. The average Bonchev–Trinajstić information content (AvgIpc) is 2.99. The molecule has 116 valence electrons. The first kappa shape index (κ1) is 23.1. The third kappa shape index (κ3) is 59.9. The predicted molar refractivity (Wildman–Crippen MR) is 72.4 cm³/mol. The third-order valence-electron chi connectivity index (χ3n) is 1.39. The smallest absolute Gasteiger partial charge is 0.293 e. The third-order valence-corrected chi connectivity index (χ3v) is 1.39. The van der Waals surface area contributed by atoms with Crippen LogP contribution in [-0.2, 0) is 14.3 Å². The summed E-state index contributed by atoms with van der Waals surface area (Å²) in [6.07, 6.45) is 1.38. The van der Waals surface area contributed by atoms with E-state index in [1.807, 2.05) is 27.8 Å². The number of hydrogen-bond donors (Lipinski definition) is 1. The zero-order valence-electron chi connectivity index (χ0n) is 12.7. The Bertz CT molecular complexity index is 200. The zero-order chi connectivity index (χ0) is 15.9. The highest BCUT2D eigenvalue weighted by atomic mass is 19.3. The molecule has 0 aromatic carbocycles. The number of nitrogens with one attached hydrogen (secondary N) is 1. The van der Waals surface area contributed by atoms with Crippen molar-refractivity contribution in [1.29, 1.82) is 0 Å². The van der Waals surface area contributed by atoms with E-state index in [1.165, 1.54) is 19.8 Å². The fraction of sp³-hybridized carbons (Fsp3) is 0.846. The SMILES string of the molecule is CC(C)(C)OC=O.CC(F)F.CC=O.CNC1CC1. The molecule has 0 aromatic heterocycles. The Labute approximate surface area is 114 Å².